The Hall–Kier alpha value is -0.550. The molecule has 1 rings (SSSR count). The average Bonchev–Trinajstić information content (AvgIpc) is 2.10. The minimum Gasteiger partial charge on any atom is -0.398 e. The third kappa shape index (κ3) is 3.21. The Morgan fingerprint density at radius 3 is 2.47 bits per heavy atom. The highest BCUT2D eigenvalue weighted by Crippen LogP contribution is 2.22. The molecule has 5 heteroatoms. The molecule has 3 nitrogen and oxygen atoms in total. The molecule has 0 saturated carbocycles. The Morgan fingerprint density at radius 2 is 2.00 bits per heavy atom. The van der Waals surface area contributed by atoms with Gasteiger partial charge in [-0.3, -0.25) is 0 Å². The fraction of sp³-hybridized carbons (Fsp3) is 0.400. The fourth-order valence-corrected chi connectivity index (χ4v) is 2.31. The van der Waals surface area contributed by atoms with E-state index in [4.69, 9.17) is 5.73 Å². The molecule has 0 unspecified atom stereocenters. The van der Waals surface area contributed by atoms with E-state index < -0.39 is 9.84 Å². The summed E-state index contributed by atoms with van der Waals surface area (Å²) in [6, 6.07) is 5.21. The van der Waals surface area contributed by atoms with Gasteiger partial charge in [0.15, 0.2) is 9.84 Å². The van der Waals surface area contributed by atoms with Crippen molar-refractivity contribution in [3.05, 3.63) is 28.2 Å². The molecule has 2 N–H and O–H groups in total. The SMILES string of the molecule is CC(C)S(=O)(=O)Cc1ccc(Br)c(N)c1. The quantitative estimate of drug-likeness (QED) is 0.870. The van der Waals surface area contributed by atoms with Crippen LogP contribution in [-0.4, -0.2) is 13.7 Å². The third-order valence-electron chi connectivity index (χ3n) is 2.15. The van der Waals surface area contributed by atoms with Gasteiger partial charge in [0, 0.05) is 10.2 Å². The molecule has 0 fully saturated rings. The summed E-state index contributed by atoms with van der Waals surface area (Å²) in [5.74, 6) is 0.0438. The normalized spacial score (nSPS) is 12.0. The first-order chi connectivity index (χ1) is 6.83. The van der Waals surface area contributed by atoms with Crippen molar-refractivity contribution in [3.8, 4) is 0 Å². The summed E-state index contributed by atoms with van der Waals surface area (Å²) in [5, 5.41) is -0.359. The molecule has 0 heterocycles. The number of anilines is 1. The zero-order valence-electron chi connectivity index (χ0n) is 8.70. The third-order valence-corrected chi connectivity index (χ3v) is 5.04. The predicted molar refractivity (Wildman–Crippen MR) is 66.3 cm³/mol. The molecule has 1 aromatic carbocycles. The molecule has 0 saturated heterocycles. The van der Waals surface area contributed by atoms with Gasteiger partial charge in [0.1, 0.15) is 0 Å². The van der Waals surface area contributed by atoms with Gasteiger partial charge in [-0.05, 0) is 47.5 Å². The Morgan fingerprint density at radius 1 is 1.40 bits per heavy atom. The van der Waals surface area contributed by atoms with Crippen LogP contribution in [0, 0.1) is 0 Å². The highest BCUT2D eigenvalue weighted by molar-refractivity contribution is 9.10. The highest BCUT2D eigenvalue weighted by atomic mass is 79.9. The van der Waals surface area contributed by atoms with Crippen molar-refractivity contribution in [1.29, 1.82) is 0 Å². The molecule has 0 amide bonds. The van der Waals surface area contributed by atoms with Crippen molar-refractivity contribution in [2.45, 2.75) is 24.9 Å². The number of hydrogen-bond donors (Lipinski definition) is 1. The van der Waals surface area contributed by atoms with Gasteiger partial charge >= 0.3 is 0 Å². The molecule has 0 radical (unpaired) electrons. The lowest BCUT2D eigenvalue weighted by Crippen LogP contribution is -2.16. The van der Waals surface area contributed by atoms with Crippen LogP contribution in [0.5, 0.6) is 0 Å². The number of sulfone groups is 1. The number of benzene rings is 1. The monoisotopic (exact) mass is 291 g/mol. The second-order valence-corrected chi connectivity index (χ2v) is 7.12. The Labute approximate surface area is 98.7 Å². The zero-order valence-corrected chi connectivity index (χ0v) is 11.1. The van der Waals surface area contributed by atoms with E-state index in [1.807, 2.05) is 0 Å². The van der Waals surface area contributed by atoms with E-state index in [-0.39, 0.29) is 11.0 Å². The molecule has 0 aliphatic rings. The largest absolute Gasteiger partial charge is 0.398 e. The maximum absolute atomic E-state index is 11.6. The van der Waals surface area contributed by atoms with E-state index in [9.17, 15) is 8.42 Å². The van der Waals surface area contributed by atoms with Crippen LogP contribution in [-0.2, 0) is 15.6 Å². The van der Waals surface area contributed by atoms with Gasteiger partial charge in [0.2, 0.25) is 0 Å². The van der Waals surface area contributed by atoms with Gasteiger partial charge in [0.05, 0.1) is 11.0 Å². The molecule has 0 atom stereocenters. The van der Waals surface area contributed by atoms with Gasteiger partial charge in [-0.15, -0.1) is 0 Å². The molecule has 0 spiro atoms. The lowest BCUT2D eigenvalue weighted by Gasteiger charge is -2.08. The fourth-order valence-electron chi connectivity index (χ4n) is 1.08. The van der Waals surface area contributed by atoms with Crippen molar-refractivity contribution < 1.29 is 8.42 Å². The van der Waals surface area contributed by atoms with Gasteiger partial charge in [-0.1, -0.05) is 6.07 Å². The molecule has 84 valence electrons. The summed E-state index contributed by atoms with van der Waals surface area (Å²) in [4.78, 5) is 0. The minimum absolute atomic E-state index is 0.0438. The first kappa shape index (κ1) is 12.5. The van der Waals surface area contributed by atoms with E-state index >= 15 is 0 Å². The summed E-state index contributed by atoms with van der Waals surface area (Å²) in [6.45, 7) is 3.36. The van der Waals surface area contributed by atoms with E-state index in [0.717, 1.165) is 10.0 Å². The second kappa shape index (κ2) is 4.53. The summed E-state index contributed by atoms with van der Waals surface area (Å²) in [7, 11) is -3.05. The minimum atomic E-state index is -3.05. The van der Waals surface area contributed by atoms with Crippen molar-refractivity contribution in [2.24, 2.45) is 0 Å². The van der Waals surface area contributed by atoms with E-state index in [0.29, 0.717) is 5.69 Å². The summed E-state index contributed by atoms with van der Waals surface area (Å²) < 4.78 is 24.1. The molecule has 0 aliphatic heterocycles. The van der Waals surface area contributed by atoms with Crippen LogP contribution >= 0.6 is 15.9 Å². The van der Waals surface area contributed by atoms with Crippen LogP contribution in [0.15, 0.2) is 22.7 Å². The second-order valence-electron chi connectivity index (χ2n) is 3.71. The van der Waals surface area contributed by atoms with Gasteiger partial charge in [-0.2, -0.15) is 0 Å². The van der Waals surface area contributed by atoms with Gasteiger partial charge < -0.3 is 5.73 Å². The molecule has 0 aliphatic carbocycles. The first-order valence-corrected chi connectivity index (χ1v) is 7.09. The number of rotatable bonds is 3. The van der Waals surface area contributed by atoms with Crippen molar-refractivity contribution in [1.82, 2.24) is 0 Å². The number of halogens is 1. The molecule has 1 aromatic rings. The Kier molecular flexibility index (Phi) is 3.78. The van der Waals surface area contributed by atoms with Crippen molar-refractivity contribution in [2.75, 3.05) is 5.73 Å². The van der Waals surface area contributed by atoms with Crippen LogP contribution < -0.4 is 5.73 Å². The molecule has 0 aromatic heterocycles. The van der Waals surface area contributed by atoms with E-state index in [1.165, 1.54) is 0 Å². The summed E-state index contributed by atoms with van der Waals surface area (Å²) in [6.07, 6.45) is 0. The lowest BCUT2D eigenvalue weighted by atomic mass is 10.2. The van der Waals surface area contributed by atoms with E-state index in [1.54, 1.807) is 32.0 Å². The predicted octanol–water partition coefficient (Wildman–Crippen LogP) is 2.35. The van der Waals surface area contributed by atoms with Crippen LogP contribution in [0.1, 0.15) is 19.4 Å². The average molecular weight is 292 g/mol. The van der Waals surface area contributed by atoms with Crippen LogP contribution in [0.25, 0.3) is 0 Å². The van der Waals surface area contributed by atoms with Crippen molar-refractivity contribution >= 4 is 31.5 Å². The Bertz CT molecular complexity index is 454. The molecule has 15 heavy (non-hydrogen) atoms. The van der Waals surface area contributed by atoms with Crippen LogP contribution in [0.2, 0.25) is 0 Å². The standard InChI is InChI=1S/C10H14BrNO2S/c1-7(2)15(13,14)6-8-3-4-9(11)10(12)5-8/h3-5,7H,6,12H2,1-2H3. The number of nitrogen functional groups attached to an aromatic ring is 1. The molecular formula is C10H14BrNO2S. The van der Waals surface area contributed by atoms with Crippen molar-refractivity contribution in [3.63, 3.8) is 0 Å². The summed E-state index contributed by atoms with van der Waals surface area (Å²) >= 11 is 3.26. The van der Waals surface area contributed by atoms with E-state index in [2.05, 4.69) is 15.9 Å². The van der Waals surface area contributed by atoms with Gasteiger partial charge in [-0.25, -0.2) is 8.42 Å². The first-order valence-electron chi connectivity index (χ1n) is 4.58. The maximum atomic E-state index is 11.6. The smallest absolute Gasteiger partial charge is 0.156 e. The number of hydrogen-bond acceptors (Lipinski definition) is 3. The summed E-state index contributed by atoms with van der Waals surface area (Å²) in [5.41, 5.74) is 6.96. The zero-order chi connectivity index (χ0) is 11.6. The van der Waals surface area contributed by atoms with Crippen LogP contribution in [0.3, 0.4) is 0 Å². The number of nitrogens with two attached hydrogens (primary N) is 1. The highest BCUT2D eigenvalue weighted by Gasteiger charge is 2.16. The Balaban J connectivity index is 2.96. The maximum Gasteiger partial charge on any atom is 0.156 e. The lowest BCUT2D eigenvalue weighted by molar-refractivity contribution is 0.586. The van der Waals surface area contributed by atoms with Gasteiger partial charge in [0.25, 0.3) is 0 Å². The molecular weight excluding hydrogens is 278 g/mol. The van der Waals surface area contributed by atoms with Crippen LogP contribution in [0.4, 0.5) is 5.69 Å². The topological polar surface area (TPSA) is 60.2 Å². The molecule has 0 bridgehead atoms.